The van der Waals surface area contributed by atoms with Gasteiger partial charge in [0, 0.05) is 23.0 Å². The van der Waals surface area contributed by atoms with Crippen LogP contribution in [0.1, 0.15) is 29.5 Å². The van der Waals surface area contributed by atoms with Crippen LogP contribution in [0.15, 0.2) is 91.1 Å². The van der Waals surface area contributed by atoms with E-state index in [1.807, 2.05) is 91.1 Å². The van der Waals surface area contributed by atoms with Crippen molar-refractivity contribution in [2.75, 3.05) is 6.61 Å². The molecule has 0 bridgehead atoms. The van der Waals surface area contributed by atoms with Crippen LogP contribution in [-0.2, 0) is 20.9 Å². The SMILES string of the molecule is CCOC(=O)[C@@H](NC(=O)OCc1ccccc1)[C@H](c1ccccc1)c1c[nH]c2ccccc12. The number of amides is 1. The van der Waals surface area contributed by atoms with E-state index < -0.39 is 24.0 Å². The quantitative estimate of drug-likeness (QED) is 0.370. The highest BCUT2D eigenvalue weighted by Crippen LogP contribution is 2.34. The van der Waals surface area contributed by atoms with Crippen molar-refractivity contribution in [3.63, 3.8) is 0 Å². The third-order valence-corrected chi connectivity index (χ3v) is 5.47. The number of rotatable bonds is 8. The number of esters is 1. The predicted octanol–water partition coefficient (Wildman–Crippen LogP) is 5.16. The Bertz CT molecular complexity index is 1200. The number of carbonyl (C=O) groups excluding carboxylic acids is 2. The number of aromatic nitrogens is 1. The first-order chi connectivity index (χ1) is 16.2. The van der Waals surface area contributed by atoms with E-state index in [2.05, 4.69) is 10.3 Å². The van der Waals surface area contributed by atoms with Gasteiger partial charge >= 0.3 is 12.1 Å². The van der Waals surface area contributed by atoms with Crippen LogP contribution < -0.4 is 5.32 Å². The fourth-order valence-corrected chi connectivity index (χ4v) is 3.97. The van der Waals surface area contributed by atoms with Crippen molar-refractivity contribution < 1.29 is 19.1 Å². The van der Waals surface area contributed by atoms with E-state index >= 15 is 0 Å². The lowest BCUT2D eigenvalue weighted by Gasteiger charge is -2.26. The molecule has 0 saturated carbocycles. The Morgan fingerprint density at radius 3 is 2.27 bits per heavy atom. The number of para-hydroxylation sites is 1. The minimum atomic E-state index is -0.977. The highest BCUT2D eigenvalue weighted by Gasteiger charge is 2.35. The molecule has 0 aliphatic rings. The van der Waals surface area contributed by atoms with Gasteiger partial charge in [-0.2, -0.15) is 0 Å². The number of fused-ring (bicyclic) bond motifs is 1. The molecule has 4 aromatic rings. The summed E-state index contributed by atoms with van der Waals surface area (Å²) in [5.41, 5.74) is 3.57. The van der Waals surface area contributed by atoms with E-state index in [1.165, 1.54) is 0 Å². The summed E-state index contributed by atoms with van der Waals surface area (Å²) in [5, 5.41) is 3.75. The molecule has 6 heteroatoms. The Hall–Kier alpha value is -4.06. The molecule has 3 aromatic carbocycles. The molecule has 0 unspecified atom stereocenters. The Balaban J connectivity index is 1.68. The number of nitrogens with one attached hydrogen (secondary N) is 2. The number of alkyl carbamates (subject to hydrolysis) is 1. The summed E-state index contributed by atoms with van der Waals surface area (Å²) in [6, 6.07) is 25.9. The van der Waals surface area contributed by atoms with Gasteiger partial charge in [0.1, 0.15) is 12.6 Å². The van der Waals surface area contributed by atoms with Crippen LogP contribution in [0, 0.1) is 0 Å². The summed E-state index contributed by atoms with van der Waals surface area (Å²) in [6.45, 7) is 2.04. The summed E-state index contributed by atoms with van der Waals surface area (Å²) in [4.78, 5) is 29.1. The van der Waals surface area contributed by atoms with Crippen LogP contribution in [0.3, 0.4) is 0 Å². The minimum Gasteiger partial charge on any atom is -0.464 e. The molecule has 0 radical (unpaired) electrons. The maximum Gasteiger partial charge on any atom is 0.408 e. The largest absolute Gasteiger partial charge is 0.464 e. The second-order valence-corrected chi connectivity index (χ2v) is 7.61. The van der Waals surface area contributed by atoms with Gasteiger partial charge in [-0.25, -0.2) is 9.59 Å². The highest BCUT2D eigenvalue weighted by molar-refractivity contribution is 5.88. The van der Waals surface area contributed by atoms with Gasteiger partial charge in [-0.1, -0.05) is 78.9 Å². The number of H-pyrrole nitrogens is 1. The fourth-order valence-electron chi connectivity index (χ4n) is 3.97. The van der Waals surface area contributed by atoms with E-state index in [-0.39, 0.29) is 13.2 Å². The molecule has 1 heterocycles. The van der Waals surface area contributed by atoms with Gasteiger partial charge in [-0.3, -0.25) is 0 Å². The van der Waals surface area contributed by atoms with Crippen molar-refractivity contribution >= 4 is 23.0 Å². The molecule has 6 nitrogen and oxygen atoms in total. The summed E-state index contributed by atoms with van der Waals surface area (Å²) < 4.78 is 10.8. The van der Waals surface area contributed by atoms with Crippen LogP contribution in [0.5, 0.6) is 0 Å². The van der Waals surface area contributed by atoms with Gasteiger partial charge in [-0.05, 0) is 29.7 Å². The molecule has 33 heavy (non-hydrogen) atoms. The first-order valence-corrected chi connectivity index (χ1v) is 10.9. The van der Waals surface area contributed by atoms with E-state index in [1.54, 1.807) is 6.92 Å². The first kappa shape index (κ1) is 22.1. The molecule has 1 amide bonds. The van der Waals surface area contributed by atoms with E-state index in [0.29, 0.717) is 0 Å². The normalized spacial score (nSPS) is 12.6. The molecule has 2 atom stereocenters. The molecule has 0 saturated heterocycles. The Labute approximate surface area is 192 Å². The summed E-state index contributed by atoms with van der Waals surface area (Å²) >= 11 is 0. The molecule has 168 valence electrons. The van der Waals surface area contributed by atoms with Crippen LogP contribution in [-0.4, -0.2) is 29.7 Å². The molecule has 0 aliphatic heterocycles. The molecule has 0 spiro atoms. The van der Waals surface area contributed by atoms with Gasteiger partial charge in [0.15, 0.2) is 0 Å². The molecular weight excluding hydrogens is 416 g/mol. The Morgan fingerprint density at radius 1 is 0.879 bits per heavy atom. The molecule has 0 fully saturated rings. The molecule has 1 aromatic heterocycles. The van der Waals surface area contributed by atoms with E-state index in [9.17, 15) is 9.59 Å². The zero-order valence-corrected chi connectivity index (χ0v) is 18.4. The van der Waals surface area contributed by atoms with Gasteiger partial charge < -0.3 is 19.8 Å². The molecular formula is C27H26N2O4. The standard InChI is InChI=1S/C27H26N2O4/c1-2-32-26(30)25(29-27(31)33-18-19-11-5-3-6-12-19)24(20-13-7-4-8-14-20)22-17-28-23-16-10-9-15-21(22)23/h3-17,24-25,28H,2,18H2,1H3,(H,29,31)/t24-,25+/m1/s1. The maximum atomic E-state index is 13.1. The predicted molar refractivity (Wildman–Crippen MR) is 127 cm³/mol. The van der Waals surface area contributed by atoms with Gasteiger partial charge in [0.2, 0.25) is 0 Å². The topological polar surface area (TPSA) is 80.4 Å². The number of benzene rings is 3. The second kappa shape index (κ2) is 10.5. The van der Waals surface area contributed by atoms with Crippen molar-refractivity contribution in [2.45, 2.75) is 25.5 Å². The minimum absolute atomic E-state index is 0.102. The van der Waals surface area contributed by atoms with Gasteiger partial charge in [0.25, 0.3) is 0 Å². The Morgan fingerprint density at radius 2 is 1.55 bits per heavy atom. The Kier molecular flexibility index (Phi) is 7.05. The van der Waals surface area contributed by atoms with E-state index in [4.69, 9.17) is 9.47 Å². The highest BCUT2D eigenvalue weighted by atomic mass is 16.6. The number of aromatic amines is 1. The van der Waals surface area contributed by atoms with Crippen molar-refractivity contribution in [3.8, 4) is 0 Å². The van der Waals surface area contributed by atoms with Crippen LogP contribution in [0.25, 0.3) is 10.9 Å². The van der Waals surface area contributed by atoms with Crippen LogP contribution in [0.4, 0.5) is 4.79 Å². The van der Waals surface area contributed by atoms with Crippen LogP contribution in [0.2, 0.25) is 0 Å². The van der Waals surface area contributed by atoms with Crippen molar-refractivity contribution in [2.24, 2.45) is 0 Å². The lowest BCUT2D eigenvalue weighted by atomic mass is 9.84. The van der Waals surface area contributed by atoms with Crippen molar-refractivity contribution in [1.82, 2.24) is 10.3 Å². The third kappa shape index (κ3) is 5.23. The average Bonchev–Trinajstić information content (AvgIpc) is 3.28. The smallest absolute Gasteiger partial charge is 0.408 e. The zero-order chi connectivity index (χ0) is 23.0. The van der Waals surface area contributed by atoms with Crippen LogP contribution >= 0.6 is 0 Å². The molecule has 4 rings (SSSR count). The van der Waals surface area contributed by atoms with Crippen molar-refractivity contribution in [3.05, 3.63) is 108 Å². The monoisotopic (exact) mass is 442 g/mol. The molecule has 2 N–H and O–H groups in total. The van der Waals surface area contributed by atoms with E-state index in [0.717, 1.165) is 27.6 Å². The summed E-state index contributed by atoms with van der Waals surface area (Å²) in [7, 11) is 0. The second-order valence-electron chi connectivity index (χ2n) is 7.61. The number of hydrogen-bond donors (Lipinski definition) is 2. The molecule has 0 aliphatic carbocycles. The fraction of sp³-hybridized carbons (Fsp3) is 0.185. The third-order valence-electron chi connectivity index (χ3n) is 5.47. The first-order valence-electron chi connectivity index (χ1n) is 10.9. The lowest BCUT2D eigenvalue weighted by Crippen LogP contribution is -2.46. The maximum absolute atomic E-state index is 13.1. The number of carbonyl (C=O) groups is 2. The lowest BCUT2D eigenvalue weighted by molar-refractivity contribution is -0.145. The number of ether oxygens (including phenoxy) is 2. The summed E-state index contributed by atoms with van der Waals surface area (Å²) in [5.74, 6) is -1.00. The zero-order valence-electron chi connectivity index (χ0n) is 18.4. The van der Waals surface area contributed by atoms with Gasteiger partial charge in [0.05, 0.1) is 6.61 Å². The average molecular weight is 443 g/mol. The summed E-state index contributed by atoms with van der Waals surface area (Å²) in [6.07, 6.45) is 1.20. The van der Waals surface area contributed by atoms with Crippen molar-refractivity contribution in [1.29, 1.82) is 0 Å². The van der Waals surface area contributed by atoms with Gasteiger partial charge in [-0.15, -0.1) is 0 Å². The number of hydrogen-bond acceptors (Lipinski definition) is 4.